The third-order valence-corrected chi connectivity index (χ3v) is 3.75. The monoisotopic (exact) mass is 262 g/mol. The molecule has 1 amide bonds. The van der Waals surface area contributed by atoms with E-state index in [1.807, 2.05) is 29.2 Å². The van der Waals surface area contributed by atoms with E-state index in [4.69, 9.17) is 10.5 Å². The van der Waals surface area contributed by atoms with E-state index in [0.717, 1.165) is 30.8 Å². The Balaban J connectivity index is 2.03. The number of nitrogens with two attached hydrogens (primary N) is 1. The second-order valence-electron chi connectivity index (χ2n) is 5.10. The first-order chi connectivity index (χ1) is 9.15. The van der Waals surface area contributed by atoms with Gasteiger partial charge in [0.1, 0.15) is 5.75 Å². The number of amides is 1. The number of carbonyl (C=O) groups is 1. The number of methoxy groups -OCH3 is 1. The summed E-state index contributed by atoms with van der Waals surface area (Å²) in [6, 6.07) is 7.70. The van der Waals surface area contributed by atoms with Crippen molar-refractivity contribution in [1.82, 2.24) is 4.90 Å². The summed E-state index contributed by atoms with van der Waals surface area (Å²) in [5.41, 5.74) is 7.36. The first-order valence-electron chi connectivity index (χ1n) is 6.83. The van der Waals surface area contributed by atoms with Gasteiger partial charge in [0.25, 0.3) is 0 Å². The number of hydrogen-bond donors (Lipinski definition) is 1. The zero-order valence-corrected chi connectivity index (χ0v) is 11.6. The molecule has 0 saturated carbocycles. The van der Waals surface area contributed by atoms with E-state index in [1.165, 1.54) is 0 Å². The Morgan fingerprint density at radius 1 is 1.42 bits per heavy atom. The van der Waals surface area contributed by atoms with Crippen LogP contribution in [0.3, 0.4) is 0 Å². The zero-order valence-electron chi connectivity index (χ0n) is 11.6. The minimum absolute atomic E-state index is 0.0864. The number of nitrogens with zero attached hydrogens (tertiary/aromatic N) is 1. The van der Waals surface area contributed by atoms with Crippen LogP contribution >= 0.6 is 0 Å². The molecule has 1 aromatic rings. The summed E-state index contributed by atoms with van der Waals surface area (Å²) in [6.45, 7) is 3.70. The fourth-order valence-corrected chi connectivity index (χ4v) is 2.63. The van der Waals surface area contributed by atoms with Crippen LogP contribution < -0.4 is 10.5 Å². The molecule has 0 radical (unpaired) electrons. The van der Waals surface area contributed by atoms with Gasteiger partial charge in [-0.25, -0.2) is 0 Å². The van der Waals surface area contributed by atoms with E-state index in [1.54, 1.807) is 7.11 Å². The Labute approximate surface area is 114 Å². The van der Waals surface area contributed by atoms with Crippen LogP contribution in [0, 0.1) is 5.92 Å². The van der Waals surface area contributed by atoms with Crippen LogP contribution in [0.25, 0.3) is 0 Å². The van der Waals surface area contributed by atoms with Crippen molar-refractivity contribution in [3.63, 3.8) is 0 Å². The predicted octanol–water partition coefficient (Wildman–Crippen LogP) is 1.95. The Bertz CT molecular complexity index is 430. The normalized spacial score (nSPS) is 20.7. The SMILES string of the molecule is CCCN1CC(C(N)c2ccc(OC)cc2)CC1=O. The molecule has 1 fully saturated rings. The van der Waals surface area contributed by atoms with Gasteiger partial charge in [0, 0.05) is 31.5 Å². The summed E-state index contributed by atoms with van der Waals surface area (Å²) in [5.74, 6) is 1.27. The largest absolute Gasteiger partial charge is 0.497 e. The molecule has 2 unspecified atom stereocenters. The summed E-state index contributed by atoms with van der Waals surface area (Å²) in [4.78, 5) is 13.8. The van der Waals surface area contributed by atoms with Crippen molar-refractivity contribution in [2.75, 3.05) is 20.2 Å². The van der Waals surface area contributed by atoms with Crippen molar-refractivity contribution in [3.05, 3.63) is 29.8 Å². The lowest BCUT2D eigenvalue weighted by atomic mass is 9.93. The zero-order chi connectivity index (χ0) is 13.8. The maximum absolute atomic E-state index is 11.9. The number of hydrogen-bond acceptors (Lipinski definition) is 3. The third kappa shape index (κ3) is 3.07. The number of benzene rings is 1. The molecule has 104 valence electrons. The van der Waals surface area contributed by atoms with Crippen LogP contribution in [-0.2, 0) is 4.79 Å². The van der Waals surface area contributed by atoms with Crippen LogP contribution in [-0.4, -0.2) is 31.0 Å². The molecule has 4 nitrogen and oxygen atoms in total. The topological polar surface area (TPSA) is 55.6 Å². The van der Waals surface area contributed by atoms with Gasteiger partial charge in [0.2, 0.25) is 5.91 Å². The van der Waals surface area contributed by atoms with Crippen molar-refractivity contribution < 1.29 is 9.53 Å². The fraction of sp³-hybridized carbons (Fsp3) is 0.533. The van der Waals surface area contributed by atoms with Crippen molar-refractivity contribution in [1.29, 1.82) is 0 Å². The molecule has 2 N–H and O–H groups in total. The Kier molecular flexibility index (Phi) is 4.43. The van der Waals surface area contributed by atoms with Crippen LogP contribution in [0.5, 0.6) is 5.75 Å². The second kappa shape index (κ2) is 6.06. The lowest BCUT2D eigenvalue weighted by Gasteiger charge is -2.20. The molecular weight excluding hydrogens is 240 g/mol. The van der Waals surface area contributed by atoms with Crippen LogP contribution in [0.1, 0.15) is 31.4 Å². The molecule has 19 heavy (non-hydrogen) atoms. The van der Waals surface area contributed by atoms with Gasteiger partial charge in [-0.1, -0.05) is 19.1 Å². The highest BCUT2D eigenvalue weighted by molar-refractivity contribution is 5.78. The van der Waals surface area contributed by atoms with Gasteiger partial charge in [0.15, 0.2) is 0 Å². The Morgan fingerprint density at radius 3 is 2.68 bits per heavy atom. The number of likely N-dealkylation sites (tertiary alicyclic amines) is 1. The standard InChI is InChI=1S/C15H22N2O2/c1-3-8-17-10-12(9-14(17)18)15(16)11-4-6-13(19-2)7-5-11/h4-7,12,15H,3,8-10,16H2,1-2H3. The maximum atomic E-state index is 11.9. The van der Waals surface area contributed by atoms with Gasteiger partial charge in [-0.15, -0.1) is 0 Å². The predicted molar refractivity (Wildman–Crippen MR) is 74.9 cm³/mol. The smallest absolute Gasteiger partial charge is 0.222 e. The van der Waals surface area contributed by atoms with Crippen molar-refractivity contribution >= 4 is 5.91 Å². The number of ether oxygens (including phenoxy) is 1. The number of carbonyl (C=O) groups excluding carboxylic acids is 1. The molecular formula is C15H22N2O2. The van der Waals surface area contributed by atoms with Gasteiger partial charge in [-0.3, -0.25) is 4.79 Å². The Morgan fingerprint density at radius 2 is 2.11 bits per heavy atom. The molecule has 0 spiro atoms. The molecule has 1 heterocycles. The van der Waals surface area contributed by atoms with Crippen LogP contribution in [0.4, 0.5) is 0 Å². The van der Waals surface area contributed by atoms with E-state index < -0.39 is 0 Å². The van der Waals surface area contributed by atoms with Gasteiger partial charge in [0.05, 0.1) is 7.11 Å². The minimum Gasteiger partial charge on any atom is -0.497 e. The van der Waals surface area contributed by atoms with E-state index in [0.29, 0.717) is 6.42 Å². The third-order valence-electron chi connectivity index (χ3n) is 3.75. The van der Waals surface area contributed by atoms with Crippen molar-refractivity contribution in [2.45, 2.75) is 25.8 Å². The van der Waals surface area contributed by atoms with Gasteiger partial charge >= 0.3 is 0 Å². The average molecular weight is 262 g/mol. The van der Waals surface area contributed by atoms with Gasteiger partial charge in [-0.2, -0.15) is 0 Å². The fourth-order valence-electron chi connectivity index (χ4n) is 2.63. The first kappa shape index (κ1) is 13.9. The summed E-state index contributed by atoms with van der Waals surface area (Å²) < 4.78 is 5.14. The molecule has 1 aromatic carbocycles. The minimum atomic E-state index is -0.0864. The maximum Gasteiger partial charge on any atom is 0.222 e. The van der Waals surface area contributed by atoms with Crippen LogP contribution in [0.2, 0.25) is 0 Å². The highest BCUT2D eigenvalue weighted by Crippen LogP contribution is 2.29. The average Bonchev–Trinajstić information content (AvgIpc) is 2.80. The summed E-state index contributed by atoms with van der Waals surface area (Å²) in [5, 5.41) is 0. The van der Waals surface area contributed by atoms with Gasteiger partial charge in [-0.05, 0) is 24.1 Å². The lowest BCUT2D eigenvalue weighted by Crippen LogP contribution is -2.28. The van der Waals surface area contributed by atoms with E-state index in [2.05, 4.69) is 6.92 Å². The summed E-state index contributed by atoms with van der Waals surface area (Å²) in [6.07, 6.45) is 1.56. The van der Waals surface area contributed by atoms with Crippen LogP contribution in [0.15, 0.2) is 24.3 Å². The molecule has 1 saturated heterocycles. The highest BCUT2D eigenvalue weighted by atomic mass is 16.5. The molecule has 2 rings (SSSR count). The Hall–Kier alpha value is -1.55. The molecule has 0 aromatic heterocycles. The highest BCUT2D eigenvalue weighted by Gasteiger charge is 2.33. The van der Waals surface area contributed by atoms with Crippen molar-refractivity contribution in [2.24, 2.45) is 11.7 Å². The molecule has 1 aliphatic heterocycles. The number of rotatable bonds is 5. The second-order valence-corrected chi connectivity index (χ2v) is 5.10. The van der Waals surface area contributed by atoms with Gasteiger partial charge < -0.3 is 15.4 Å². The summed E-state index contributed by atoms with van der Waals surface area (Å²) in [7, 11) is 1.65. The molecule has 2 atom stereocenters. The lowest BCUT2D eigenvalue weighted by molar-refractivity contribution is -0.127. The molecule has 0 aliphatic carbocycles. The van der Waals surface area contributed by atoms with E-state index in [-0.39, 0.29) is 17.9 Å². The van der Waals surface area contributed by atoms with Crippen molar-refractivity contribution in [3.8, 4) is 5.75 Å². The quantitative estimate of drug-likeness (QED) is 0.882. The molecule has 1 aliphatic rings. The van der Waals surface area contributed by atoms with E-state index >= 15 is 0 Å². The summed E-state index contributed by atoms with van der Waals surface area (Å²) >= 11 is 0. The molecule has 4 heteroatoms. The first-order valence-corrected chi connectivity index (χ1v) is 6.83. The molecule has 0 bridgehead atoms. The van der Waals surface area contributed by atoms with E-state index in [9.17, 15) is 4.79 Å².